The van der Waals surface area contributed by atoms with Crippen LogP contribution in [-0.4, -0.2) is 82.3 Å². The monoisotopic (exact) mass is 1010 g/mol. The number of carboxylic acid groups (broad SMARTS) is 1. The van der Waals surface area contributed by atoms with E-state index in [1.807, 2.05) is 21.1 Å². The molecular formula is C63H107NO8. The third kappa shape index (κ3) is 54.0. The maximum absolute atomic E-state index is 12.9. The summed E-state index contributed by atoms with van der Waals surface area (Å²) in [5.41, 5.74) is 0. The van der Waals surface area contributed by atoms with Gasteiger partial charge in [0, 0.05) is 12.8 Å². The fourth-order valence-electron chi connectivity index (χ4n) is 7.63. The Kier molecular flexibility index (Phi) is 50.7. The first-order valence-corrected chi connectivity index (χ1v) is 28.9. The highest BCUT2D eigenvalue weighted by molar-refractivity contribution is 5.70. The molecule has 0 aliphatic heterocycles. The van der Waals surface area contributed by atoms with Gasteiger partial charge in [-0.1, -0.05) is 214 Å². The Labute approximate surface area is 442 Å². The molecule has 9 heteroatoms. The lowest BCUT2D eigenvalue weighted by molar-refractivity contribution is -0.870. The van der Waals surface area contributed by atoms with Gasteiger partial charge in [-0.2, -0.15) is 0 Å². The Bertz CT molecular complexity index is 1500. The molecule has 0 aromatic rings. The van der Waals surface area contributed by atoms with E-state index in [1.165, 1.54) is 83.5 Å². The molecule has 0 rings (SSSR count). The number of quaternary nitrogens is 1. The van der Waals surface area contributed by atoms with E-state index in [9.17, 15) is 19.5 Å². The number of hydrogen-bond acceptors (Lipinski definition) is 8. The van der Waals surface area contributed by atoms with Crippen molar-refractivity contribution in [2.24, 2.45) is 0 Å². The highest BCUT2D eigenvalue weighted by Gasteiger charge is 2.22. The first-order valence-electron chi connectivity index (χ1n) is 28.9. The van der Waals surface area contributed by atoms with Crippen molar-refractivity contribution in [2.45, 2.75) is 238 Å². The highest BCUT2D eigenvalue weighted by atomic mass is 16.7. The molecule has 0 saturated heterocycles. The number of carbonyl (C=O) groups is 3. The summed E-state index contributed by atoms with van der Waals surface area (Å²) in [6, 6.07) is 0. The molecule has 0 aromatic heterocycles. The molecule has 0 saturated carbocycles. The Hall–Kier alpha value is -3.79. The van der Waals surface area contributed by atoms with E-state index in [0.29, 0.717) is 17.4 Å². The number of carboxylic acids is 1. The van der Waals surface area contributed by atoms with Gasteiger partial charge in [0.2, 0.25) is 0 Å². The van der Waals surface area contributed by atoms with Crippen LogP contribution in [0.5, 0.6) is 0 Å². The number of hydrogen-bond donors (Lipinski definition) is 0. The number of likely N-dealkylation sites (N-methyl/N-ethyl adjacent to an activating group) is 1. The number of allylic oxidation sites excluding steroid dienone is 16. The molecule has 0 bridgehead atoms. The zero-order valence-electron chi connectivity index (χ0n) is 46.8. The number of carbonyl (C=O) groups excluding carboxylic acids is 3. The van der Waals surface area contributed by atoms with Gasteiger partial charge in [-0.05, 0) is 96.3 Å². The van der Waals surface area contributed by atoms with Gasteiger partial charge in [-0.3, -0.25) is 9.59 Å². The van der Waals surface area contributed by atoms with Crippen LogP contribution >= 0.6 is 0 Å². The van der Waals surface area contributed by atoms with Gasteiger partial charge in [-0.25, -0.2) is 0 Å². The molecule has 0 heterocycles. The molecule has 0 aromatic carbocycles. The number of esters is 2. The molecule has 0 aliphatic carbocycles. The fraction of sp³-hybridized carbons (Fsp3) is 0.698. The van der Waals surface area contributed by atoms with Crippen molar-refractivity contribution in [1.82, 2.24) is 0 Å². The number of rotatable bonds is 52. The summed E-state index contributed by atoms with van der Waals surface area (Å²) in [6.45, 7) is 4.60. The van der Waals surface area contributed by atoms with Gasteiger partial charge in [0.25, 0.3) is 0 Å². The van der Waals surface area contributed by atoms with Crippen LogP contribution in [0.1, 0.15) is 226 Å². The molecule has 2 atom stereocenters. The molecule has 0 aliphatic rings. The van der Waals surface area contributed by atoms with E-state index < -0.39 is 24.3 Å². The van der Waals surface area contributed by atoms with Crippen molar-refractivity contribution in [1.29, 1.82) is 0 Å². The van der Waals surface area contributed by atoms with E-state index in [-0.39, 0.29) is 38.6 Å². The van der Waals surface area contributed by atoms with E-state index in [4.69, 9.17) is 18.9 Å². The fourth-order valence-corrected chi connectivity index (χ4v) is 7.63. The zero-order chi connectivity index (χ0) is 52.7. The summed E-state index contributed by atoms with van der Waals surface area (Å²) in [7, 11) is 5.91. The third-order valence-electron chi connectivity index (χ3n) is 12.1. The molecule has 2 unspecified atom stereocenters. The van der Waals surface area contributed by atoms with Crippen molar-refractivity contribution in [2.75, 3.05) is 47.5 Å². The second-order valence-corrected chi connectivity index (χ2v) is 20.2. The Morgan fingerprint density at radius 3 is 1.19 bits per heavy atom. The normalized spacial score (nSPS) is 13.5. The number of aliphatic carboxylic acids is 1. The first kappa shape index (κ1) is 68.2. The molecule has 0 N–H and O–H groups in total. The Morgan fingerprint density at radius 1 is 0.431 bits per heavy atom. The van der Waals surface area contributed by atoms with Crippen molar-refractivity contribution in [3.8, 4) is 0 Å². The van der Waals surface area contributed by atoms with Crippen molar-refractivity contribution < 1.29 is 42.9 Å². The summed E-state index contributed by atoms with van der Waals surface area (Å²) in [6.07, 6.45) is 68.8. The maximum Gasteiger partial charge on any atom is 0.306 e. The van der Waals surface area contributed by atoms with Gasteiger partial charge >= 0.3 is 11.9 Å². The van der Waals surface area contributed by atoms with Crippen LogP contribution in [0.3, 0.4) is 0 Å². The van der Waals surface area contributed by atoms with Gasteiger partial charge in [-0.15, -0.1) is 0 Å². The van der Waals surface area contributed by atoms with Gasteiger partial charge in [0.05, 0.1) is 40.3 Å². The predicted octanol–water partition coefficient (Wildman–Crippen LogP) is 15.6. The number of unbranched alkanes of at least 4 members (excludes halogenated alkanes) is 21. The van der Waals surface area contributed by atoms with Crippen LogP contribution in [0, 0.1) is 0 Å². The molecule has 9 nitrogen and oxygen atoms in total. The summed E-state index contributed by atoms with van der Waals surface area (Å²) >= 11 is 0. The Morgan fingerprint density at radius 2 is 0.792 bits per heavy atom. The van der Waals surface area contributed by atoms with E-state index in [1.54, 1.807) is 0 Å². The molecule has 0 spiro atoms. The predicted molar refractivity (Wildman–Crippen MR) is 301 cm³/mol. The van der Waals surface area contributed by atoms with Crippen molar-refractivity contribution in [3.05, 3.63) is 97.2 Å². The standard InChI is InChI=1S/C63H107NO8/c1-6-8-10-12-14-16-18-20-22-23-24-25-26-27-28-29-30-31-32-33-34-35-36-37-38-39-40-42-44-46-48-50-52-54-61(66)72-59(58-71-63(62(67)68)69-56-55-64(3,4)5)57-70-60(65)53-51-49-47-45-43-41-21-19-17-15-13-11-9-7-2/h8,10,14,16,19-22,24-25,27-28,30-31,33-34,59,63H,6-7,9,11-13,15,17-18,23,26,29,32,35-58H2,1-5H3/b10-8-,16-14-,21-19-,22-20-,25-24-,28-27-,31-30-,34-33-. The molecule has 412 valence electrons. The minimum absolute atomic E-state index is 0.142. The summed E-state index contributed by atoms with van der Waals surface area (Å²) in [5, 5.41) is 11.8. The molecular weight excluding hydrogens is 899 g/mol. The van der Waals surface area contributed by atoms with Crippen LogP contribution < -0.4 is 5.11 Å². The lowest BCUT2D eigenvalue weighted by atomic mass is 10.0. The lowest BCUT2D eigenvalue weighted by Crippen LogP contribution is -2.44. The van der Waals surface area contributed by atoms with Gasteiger partial charge in [0.15, 0.2) is 12.4 Å². The zero-order valence-corrected chi connectivity index (χ0v) is 46.8. The molecule has 0 radical (unpaired) electrons. The van der Waals surface area contributed by atoms with Crippen molar-refractivity contribution in [3.63, 3.8) is 0 Å². The second-order valence-electron chi connectivity index (χ2n) is 20.2. The highest BCUT2D eigenvalue weighted by Crippen LogP contribution is 2.15. The van der Waals surface area contributed by atoms with Gasteiger partial charge < -0.3 is 33.3 Å². The molecule has 72 heavy (non-hydrogen) atoms. The van der Waals surface area contributed by atoms with Crippen LogP contribution in [0.15, 0.2) is 97.2 Å². The molecule has 0 amide bonds. The smallest absolute Gasteiger partial charge is 0.306 e. The average molecular weight is 1010 g/mol. The second kappa shape index (κ2) is 53.5. The topological polar surface area (TPSA) is 111 Å². The summed E-state index contributed by atoms with van der Waals surface area (Å²) in [4.78, 5) is 37.2. The number of nitrogens with zero attached hydrogens (tertiary/aromatic N) is 1. The van der Waals surface area contributed by atoms with E-state index >= 15 is 0 Å². The van der Waals surface area contributed by atoms with Crippen LogP contribution in [0.4, 0.5) is 0 Å². The molecule has 0 fully saturated rings. The minimum atomic E-state index is -1.63. The third-order valence-corrected chi connectivity index (χ3v) is 12.1. The number of ether oxygens (including phenoxy) is 4. The lowest BCUT2D eigenvalue weighted by Gasteiger charge is -2.26. The summed E-state index contributed by atoms with van der Waals surface area (Å²) in [5.74, 6) is -2.30. The Balaban J connectivity index is 4.20. The van der Waals surface area contributed by atoms with Gasteiger partial charge in [0.1, 0.15) is 13.2 Å². The van der Waals surface area contributed by atoms with E-state index in [2.05, 4.69) is 111 Å². The first-order chi connectivity index (χ1) is 35.1. The SMILES string of the molecule is CC/C=C\C/C=C\C/C=C\C/C=C\C/C=C\C/C=C\C/C=C\CCCCCCCCCCCCCC(=O)OC(COC(=O)CCCCCCC/C=C\CCCCCCC)COC(OCC[N+](C)(C)C)C(=O)[O-]. The maximum atomic E-state index is 12.9. The largest absolute Gasteiger partial charge is 0.545 e. The van der Waals surface area contributed by atoms with Crippen LogP contribution in [0.25, 0.3) is 0 Å². The van der Waals surface area contributed by atoms with E-state index in [0.717, 1.165) is 109 Å². The quantitative estimate of drug-likeness (QED) is 0.0195. The van der Waals surface area contributed by atoms with Crippen molar-refractivity contribution >= 4 is 17.9 Å². The minimum Gasteiger partial charge on any atom is -0.545 e. The summed E-state index contributed by atoms with van der Waals surface area (Å²) < 4.78 is 22.7. The van der Waals surface area contributed by atoms with Crippen LogP contribution in [0.2, 0.25) is 0 Å². The van der Waals surface area contributed by atoms with Crippen LogP contribution in [-0.2, 0) is 33.3 Å². The average Bonchev–Trinajstić information content (AvgIpc) is 3.35.